The topological polar surface area (TPSA) is 48.0 Å². The zero-order valence-electron chi connectivity index (χ0n) is 14.4. The first kappa shape index (κ1) is 18.5. The van der Waals surface area contributed by atoms with Gasteiger partial charge in [0.15, 0.2) is 11.5 Å². The van der Waals surface area contributed by atoms with Crippen molar-refractivity contribution in [2.45, 2.75) is 6.54 Å². The molecule has 0 N–H and O–H groups in total. The largest absolute Gasteiger partial charge is 0.496 e. The maximum absolute atomic E-state index is 13.8. The lowest BCUT2D eigenvalue weighted by Gasteiger charge is -2.20. The number of ether oxygens (including phenoxy) is 3. The van der Waals surface area contributed by atoms with Gasteiger partial charge in [-0.15, -0.1) is 0 Å². The van der Waals surface area contributed by atoms with Crippen LogP contribution in [0.1, 0.15) is 15.9 Å². The lowest BCUT2D eigenvalue weighted by Crippen LogP contribution is -2.27. The molecule has 0 aromatic heterocycles. The number of carbonyl (C=O) groups excluding carboxylic acids is 1. The summed E-state index contributed by atoms with van der Waals surface area (Å²) >= 11 is 0. The van der Waals surface area contributed by atoms with Gasteiger partial charge in [-0.1, -0.05) is 6.07 Å². The average molecular weight is 351 g/mol. The number of benzene rings is 2. The second-order valence-corrected chi connectivity index (χ2v) is 5.30. The van der Waals surface area contributed by atoms with Gasteiger partial charge in [-0.3, -0.25) is 4.79 Å². The quantitative estimate of drug-likeness (QED) is 0.802. The van der Waals surface area contributed by atoms with E-state index in [1.807, 2.05) is 0 Å². The molecule has 0 spiro atoms. The third-order valence-electron chi connectivity index (χ3n) is 3.71. The van der Waals surface area contributed by atoms with Gasteiger partial charge in [0, 0.05) is 37.4 Å². The van der Waals surface area contributed by atoms with Crippen molar-refractivity contribution in [1.29, 1.82) is 0 Å². The molecule has 0 radical (unpaired) electrons. The van der Waals surface area contributed by atoms with Crippen LogP contribution in [0.5, 0.6) is 17.2 Å². The fourth-order valence-corrected chi connectivity index (χ4v) is 2.38. The van der Waals surface area contributed by atoms with E-state index in [1.165, 1.54) is 45.4 Å². The minimum absolute atomic E-state index is 0.0254. The molecule has 0 aliphatic carbocycles. The Bertz CT molecular complexity index is 780. The molecule has 0 aliphatic heterocycles. The first-order chi connectivity index (χ1) is 11.9. The molecule has 1 amide bonds. The lowest BCUT2D eigenvalue weighted by atomic mass is 10.1. The third-order valence-corrected chi connectivity index (χ3v) is 3.71. The average Bonchev–Trinajstić information content (AvgIpc) is 2.61. The molecule has 0 saturated carbocycles. The van der Waals surface area contributed by atoms with Crippen LogP contribution in [0.25, 0.3) is 0 Å². The molecule has 0 heterocycles. The molecule has 2 rings (SSSR count). The summed E-state index contributed by atoms with van der Waals surface area (Å²) in [5.74, 6) is -0.692. The summed E-state index contributed by atoms with van der Waals surface area (Å²) < 4.78 is 42.4. The zero-order valence-corrected chi connectivity index (χ0v) is 14.4. The Morgan fingerprint density at radius 3 is 2.12 bits per heavy atom. The third kappa shape index (κ3) is 3.99. The number of amides is 1. The van der Waals surface area contributed by atoms with E-state index < -0.39 is 17.5 Å². The number of rotatable bonds is 6. The second kappa shape index (κ2) is 7.83. The molecule has 0 bridgehead atoms. The van der Waals surface area contributed by atoms with Crippen LogP contribution in [0.15, 0.2) is 30.3 Å². The van der Waals surface area contributed by atoms with E-state index in [0.29, 0.717) is 17.2 Å². The number of carbonyl (C=O) groups is 1. The van der Waals surface area contributed by atoms with Gasteiger partial charge in [0.2, 0.25) is 0 Å². The van der Waals surface area contributed by atoms with Crippen LogP contribution >= 0.6 is 0 Å². The van der Waals surface area contributed by atoms with Crippen LogP contribution in [0.4, 0.5) is 8.78 Å². The van der Waals surface area contributed by atoms with Crippen molar-refractivity contribution in [2.75, 3.05) is 28.4 Å². The number of halogens is 2. The predicted octanol–water partition coefficient (Wildman–Crippen LogP) is 3.26. The van der Waals surface area contributed by atoms with Gasteiger partial charge in [0.25, 0.3) is 5.91 Å². The number of nitrogens with zero attached hydrogens (tertiary/aromatic N) is 1. The fourth-order valence-electron chi connectivity index (χ4n) is 2.38. The van der Waals surface area contributed by atoms with Crippen molar-refractivity contribution < 1.29 is 27.8 Å². The summed E-state index contributed by atoms with van der Waals surface area (Å²) in [6, 6.07) is 6.27. The highest BCUT2D eigenvalue weighted by Crippen LogP contribution is 2.35. The summed E-state index contributed by atoms with van der Waals surface area (Å²) in [6.07, 6.45) is 0. The van der Waals surface area contributed by atoms with Gasteiger partial charge in [0.1, 0.15) is 17.4 Å². The maximum atomic E-state index is 13.8. The summed E-state index contributed by atoms with van der Waals surface area (Å²) in [5.41, 5.74) is 0.446. The fraction of sp³-hybridized carbons (Fsp3) is 0.278. The van der Waals surface area contributed by atoms with Crippen molar-refractivity contribution in [3.8, 4) is 17.2 Å². The van der Waals surface area contributed by atoms with Crippen LogP contribution in [0.3, 0.4) is 0 Å². The van der Waals surface area contributed by atoms with Gasteiger partial charge >= 0.3 is 0 Å². The number of hydrogen-bond acceptors (Lipinski definition) is 4. The van der Waals surface area contributed by atoms with Crippen LogP contribution in [-0.4, -0.2) is 39.2 Å². The van der Waals surface area contributed by atoms with Crippen molar-refractivity contribution >= 4 is 5.91 Å². The highest BCUT2D eigenvalue weighted by molar-refractivity contribution is 5.97. The van der Waals surface area contributed by atoms with E-state index >= 15 is 0 Å². The van der Waals surface area contributed by atoms with Crippen LogP contribution in [0.2, 0.25) is 0 Å². The normalized spacial score (nSPS) is 10.3. The molecular weight excluding hydrogens is 332 g/mol. The summed E-state index contributed by atoms with van der Waals surface area (Å²) in [7, 11) is 5.87. The first-order valence-electron chi connectivity index (χ1n) is 7.40. The molecule has 0 aliphatic rings. The van der Waals surface area contributed by atoms with Crippen molar-refractivity contribution in [3.63, 3.8) is 0 Å². The van der Waals surface area contributed by atoms with Gasteiger partial charge in [0.05, 0.1) is 26.9 Å². The molecule has 0 unspecified atom stereocenters. The summed E-state index contributed by atoms with van der Waals surface area (Å²) in [6.45, 7) is -0.0254. The highest BCUT2D eigenvalue weighted by atomic mass is 19.1. The molecule has 0 atom stereocenters. The first-order valence-corrected chi connectivity index (χ1v) is 7.40. The predicted molar refractivity (Wildman–Crippen MR) is 88.3 cm³/mol. The summed E-state index contributed by atoms with van der Waals surface area (Å²) in [4.78, 5) is 14.0. The Labute approximate surface area is 144 Å². The number of methoxy groups -OCH3 is 3. The van der Waals surface area contributed by atoms with Crippen molar-refractivity contribution in [1.82, 2.24) is 4.90 Å². The van der Waals surface area contributed by atoms with Crippen LogP contribution in [0, 0.1) is 11.6 Å². The lowest BCUT2D eigenvalue weighted by molar-refractivity contribution is 0.0780. The molecule has 134 valence electrons. The Balaban J connectivity index is 2.32. The van der Waals surface area contributed by atoms with Crippen molar-refractivity contribution in [2.24, 2.45) is 0 Å². The molecule has 25 heavy (non-hydrogen) atoms. The van der Waals surface area contributed by atoms with E-state index in [0.717, 1.165) is 12.1 Å². The Kier molecular flexibility index (Phi) is 5.80. The maximum Gasteiger partial charge on any atom is 0.257 e. The van der Waals surface area contributed by atoms with E-state index in [4.69, 9.17) is 14.2 Å². The van der Waals surface area contributed by atoms with E-state index in [2.05, 4.69) is 0 Å². The Morgan fingerprint density at radius 2 is 1.56 bits per heavy atom. The van der Waals surface area contributed by atoms with E-state index in [-0.39, 0.29) is 17.7 Å². The van der Waals surface area contributed by atoms with Crippen LogP contribution in [-0.2, 0) is 6.54 Å². The zero-order chi connectivity index (χ0) is 18.6. The van der Waals surface area contributed by atoms with E-state index in [1.54, 1.807) is 6.07 Å². The smallest absolute Gasteiger partial charge is 0.257 e. The second-order valence-electron chi connectivity index (χ2n) is 5.30. The Morgan fingerprint density at radius 1 is 0.960 bits per heavy atom. The molecule has 2 aromatic carbocycles. The SMILES string of the molecule is COc1cc(OC)c(C(=O)N(C)Cc2ccc(F)cc2F)cc1OC. The molecule has 5 nitrogen and oxygen atoms in total. The highest BCUT2D eigenvalue weighted by Gasteiger charge is 2.21. The van der Waals surface area contributed by atoms with Gasteiger partial charge < -0.3 is 19.1 Å². The minimum atomic E-state index is -0.709. The molecule has 2 aromatic rings. The van der Waals surface area contributed by atoms with Gasteiger partial charge in [-0.05, 0) is 6.07 Å². The monoisotopic (exact) mass is 351 g/mol. The van der Waals surface area contributed by atoms with Crippen LogP contribution < -0.4 is 14.2 Å². The molecule has 7 heteroatoms. The van der Waals surface area contributed by atoms with Gasteiger partial charge in [-0.2, -0.15) is 0 Å². The van der Waals surface area contributed by atoms with E-state index in [9.17, 15) is 13.6 Å². The Hall–Kier alpha value is -2.83. The van der Waals surface area contributed by atoms with Crippen molar-refractivity contribution in [3.05, 3.63) is 53.1 Å². The molecular formula is C18H19F2NO4. The molecule has 0 fully saturated rings. The van der Waals surface area contributed by atoms with Gasteiger partial charge in [-0.25, -0.2) is 8.78 Å². The molecule has 0 saturated heterocycles. The number of hydrogen-bond donors (Lipinski definition) is 0. The standard InChI is InChI=1S/C18H19F2NO4/c1-21(10-11-5-6-12(19)7-14(11)20)18(22)13-8-16(24-3)17(25-4)9-15(13)23-2/h5-9H,10H2,1-4H3. The summed E-state index contributed by atoms with van der Waals surface area (Å²) in [5, 5.41) is 0. The minimum Gasteiger partial charge on any atom is -0.496 e.